The molecule has 9 nitrogen and oxygen atoms in total. The first-order valence-electron chi connectivity index (χ1n) is 10.7. The third kappa shape index (κ3) is 7.21. The summed E-state index contributed by atoms with van der Waals surface area (Å²) in [5.74, 6) is -2.06. The summed E-state index contributed by atoms with van der Waals surface area (Å²) < 4.78 is 61.9. The van der Waals surface area contributed by atoms with Crippen LogP contribution in [0.2, 0.25) is 5.02 Å². The number of rotatable bonds is 11. The topological polar surface area (TPSA) is 104 Å². The Kier molecular flexibility index (Phi) is 8.93. The molecule has 36 heavy (non-hydrogen) atoms. The number of benzene rings is 2. The van der Waals surface area contributed by atoms with Crippen LogP contribution in [0.15, 0.2) is 54.1 Å². The van der Waals surface area contributed by atoms with E-state index in [0.717, 1.165) is 30.1 Å². The number of hydroxylamine groups is 1. The third-order valence-electron chi connectivity index (χ3n) is 4.84. The molecule has 2 aromatic carbocycles. The zero-order valence-electron chi connectivity index (χ0n) is 19.0. The third-order valence-corrected chi connectivity index (χ3v) is 5.09. The zero-order chi connectivity index (χ0) is 26.3. The molecule has 1 unspecified atom stereocenters. The van der Waals surface area contributed by atoms with Crippen molar-refractivity contribution >= 4 is 17.9 Å². The van der Waals surface area contributed by atoms with E-state index in [1.165, 1.54) is 4.90 Å². The van der Waals surface area contributed by atoms with Gasteiger partial charge in [-0.25, -0.2) is 9.29 Å². The van der Waals surface area contributed by atoms with E-state index in [1.54, 1.807) is 31.3 Å². The van der Waals surface area contributed by atoms with Crippen molar-refractivity contribution in [1.82, 2.24) is 20.9 Å². The Morgan fingerprint density at radius 2 is 1.97 bits per heavy atom. The van der Waals surface area contributed by atoms with Crippen LogP contribution < -0.4 is 25.4 Å². The van der Waals surface area contributed by atoms with Gasteiger partial charge in [0.2, 0.25) is 0 Å². The van der Waals surface area contributed by atoms with Crippen molar-refractivity contribution in [2.24, 2.45) is 0 Å². The molecule has 1 heterocycles. The summed E-state index contributed by atoms with van der Waals surface area (Å²) in [6, 6.07) is 9.48. The molecule has 0 amide bonds. The molecule has 14 heteroatoms. The molecule has 3 rings (SSSR count). The van der Waals surface area contributed by atoms with E-state index in [-0.39, 0.29) is 30.5 Å². The van der Waals surface area contributed by atoms with Gasteiger partial charge in [-0.3, -0.25) is 4.74 Å². The fourth-order valence-electron chi connectivity index (χ4n) is 3.26. The molecule has 0 aliphatic carbocycles. The Labute approximate surface area is 209 Å². The van der Waals surface area contributed by atoms with Crippen LogP contribution in [0.4, 0.5) is 17.6 Å². The average Bonchev–Trinajstić information content (AvgIpc) is 3.16. The van der Waals surface area contributed by atoms with E-state index in [9.17, 15) is 22.8 Å². The molecule has 1 aliphatic heterocycles. The standard InChI is InChI=1S/C22H24ClF4N5O4/c1-28-19-20(32(34)13-29-9-2-10-33)31(12-14-3-5-15(23)6-4-14)21(30-19)35-16-7-8-17(24)18(11-16)36-22(25,26)27/h3-8,11,13,21,28-30,33H,2,9-10,12H2,1H3/b32-13+. The van der Waals surface area contributed by atoms with Gasteiger partial charge in [-0.05, 0) is 29.8 Å². The van der Waals surface area contributed by atoms with Gasteiger partial charge < -0.3 is 35.7 Å². The number of nitrogens with zero attached hydrogens (tertiary/aromatic N) is 2. The Balaban J connectivity index is 1.91. The largest absolute Gasteiger partial charge is 0.740 e. The lowest BCUT2D eigenvalue weighted by atomic mass is 10.2. The SMILES string of the molecule is CNC1=C(/[N+]([O-])=C\NCCCO)N(Cc2ccc(Cl)cc2)C(Oc2ccc(F)c(OC(F)(F)F)c2)N1. The van der Waals surface area contributed by atoms with Crippen LogP contribution in [0.25, 0.3) is 0 Å². The number of nitrogens with one attached hydrogen (secondary N) is 3. The number of aliphatic hydroxyl groups is 1. The van der Waals surface area contributed by atoms with E-state index in [1.807, 2.05) is 0 Å². The second-order valence-corrected chi connectivity index (χ2v) is 7.88. The molecule has 0 saturated heterocycles. The zero-order valence-corrected chi connectivity index (χ0v) is 19.7. The van der Waals surface area contributed by atoms with E-state index in [0.29, 0.717) is 22.7 Å². The van der Waals surface area contributed by atoms with Gasteiger partial charge in [0, 0.05) is 31.2 Å². The van der Waals surface area contributed by atoms with Crippen LogP contribution in [0.5, 0.6) is 11.5 Å². The van der Waals surface area contributed by atoms with Crippen LogP contribution in [-0.4, -0.2) is 54.0 Å². The normalized spacial score (nSPS) is 16.1. The summed E-state index contributed by atoms with van der Waals surface area (Å²) >= 11 is 5.96. The molecule has 4 N–H and O–H groups in total. The summed E-state index contributed by atoms with van der Waals surface area (Å²) in [6.07, 6.45) is -4.59. The lowest BCUT2D eigenvalue weighted by Crippen LogP contribution is -2.43. The molecular weight excluding hydrogens is 510 g/mol. The van der Waals surface area contributed by atoms with Crippen LogP contribution >= 0.6 is 11.6 Å². The van der Waals surface area contributed by atoms with E-state index < -0.39 is 24.3 Å². The minimum absolute atomic E-state index is 0.0535. The summed E-state index contributed by atoms with van der Waals surface area (Å²) in [5.41, 5.74) is 0.742. The van der Waals surface area contributed by atoms with Crippen molar-refractivity contribution in [1.29, 1.82) is 0 Å². The summed E-state index contributed by atoms with van der Waals surface area (Å²) in [6.45, 7) is 0.424. The molecule has 0 aromatic heterocycles. The van der Waals surface area contributed by atoms with Crippen molar-refractivity contribution in [3.05, 3.63) is 75.7 Å². The molecule has 1 atom stereocenters. The quantitative estimate of drug-likeness (QED) is 0.0665. The van der Waals surface area contributed by atoms with Crippen LogP contribution in [-0.2, 0) is 6.54 Å². The van der Waals surface area contributed by atoms with Crippen LogP contribution in [0.3, 0.4) is 0 Å². The van der Waals surface area contributed by atoms with Gasteiger partial charge in [-0.2, -0.15) is 0 Å². The Bertz CT molecular complexity index is 1100. The monoisotopic (exact) mass is 533 g/mol. The van der Waals surface area contributed by atoms with Gasteiger partial charge in [0.05, 0.1) is 13.1 Å². The minimum Gasteiger partial charge on any atom is -0.740 e. The molecule has 0 radical (unpaired) electrons. The van der Waals surface area contributed by atoms with Crippen molar-refractivity contribution in [3.8, 4) is 11.5 Å². The van der Waals surface area contributed by atoms with Crippen molar-refractivity contribution in [2.75, 3.05) is 20.2 Å². The maximum Gasteiger partial charge on any atom is 0.573 e. The first-order valence-corrected chi connectivity index (χ1v) is 11.0. The van der Waals surface area contributed by atoms with Crippen molar-refractivity contribution < 1.29 is 36.9 Å². The summed E-state index contributed by atoms with van der Waals surface area (Å²) in [4.78, 5) is 1.51. The minimum atomic E-state index is -5.10. The second kappa shape index (κ2) is 11.9. The number of aliphatic hydroxyl groups excluding tert-OH is 1. The fraction of sp³-hybridized carbons (Fsp3) is 0.318. The van der Waals surface area contributed by atoms with E-state index in [4.69, 9.17) is 21.4 Å². The van der Waals surface area contributed by atoms with Gasteiger partial charge in [-0.15, -0.1) is 13.2 Å². The number of hydrogen-bond donors (Lipinski definition) is 4. The Morgan fingerprint density at radius 1 is 1.25 bits per heavy atom. The predicted molar refractivity (Wildman–Crippen MR) is 123 cm³/mol. The molecule has 0 saturated carbocycles. The number of halogens is 5. The van der Waals surface area contributed by atoms with E-state index >= 15 is 0 Å². The fourth-order valence-corrected chi connectivity index (χ4v) is 3.38. The van der Waals surface area contributed by atoms with Gasteiger partial charge in [0.25, 0.3) is 12.2 Å². The van der Waals surface area contributed by atoms with Gasteiger partial charge >= 0.3 is 6.36 Å². The lowest BCUT2D eigenvalue weighted by Gasteiger charge is -2.26. The first-order chi connectivity index (χ1) is 17.1. The number of ether oxygens (including phenoxy) is 2. The molecule has 1 aliphatic rings. The average molecular weight is 534 g/mol. The number of hydrogen-bond acceptors (Lipinski definition) is 7. The lowest BCUT2D eigenvalue weighted by molar-refractivity contribution is -0.424. The van der Waals surface area contributed by atoms with Crippen molar-refractivity contribution in [2.45, 2.75) is 25.7 Å². The molecule has 0 spiro atoms. The second-order valence-electron chi connectivity index (χ2n) is 7.44. The van der Waals surface area contributed by atoms with Gasteiger partial charge in [-0.1, -0.05) is 23.7 Å². The van der Waals surface area contributed by atoms with Gasteiger partial charge in [0.15, 0.2) is 23.7 Å². The highest BCUT2D eigenvalue weighted by Crippen LogP contribution is 2.31. The van der Waals surface area contributed by atoms with Crippen LogP contribution in [0, 0.1) is 11.0 Å². The molecule has 0 fully saturated rings. The van der Waals surface area contributed by atoms with E-state index in [2.05, 4.69) is 20.7 Å². The number of alkyl halides is 3. The Morgan fingerprint density at radius 3 is 2.61 bits per heavy atom. The summed E-state index contributed by atoms with van der Waals surface area (Å²) in [7, 11) is 1.56. The highest BCUT2D eigenvalue weighted by Gasteiger charge is 2.39. The van der Waals surface area contributed by atoms with Gasteiger partial charge in [0.1, 0.15) is 5.75 Å². The Hall–Kier alpha value is -3.58. The molecule has 196 valence electrons. The maximum atomic E-state index is 13.9. The molecular formula is C22H24ClF4N5O4. The van der Waals surface area contributed by atoms with Crippen molar-refractivity contribution in [3.63, 3.8) is 0 Å². The highest BCUT2D eigenvalue weighted by molar-refractivity contribution is 6.30. The summed E-state index contributed by atoms with van der Waals surface area (Å²) in [5, 5.41) is 31.0. The smallest absolute Gasteiger partial charge is 0.573 e. The first kappa shape index (κ1) is 27.0. The van der Waals surface area contributed by atoms with Crippen LogP contribution in [0.1, 0.15) is 12.0 Å². The highest BCUT2D eigenvalue weighted by atomic mass is 35.5. The molecule has 2 aromatic rings. The predicted octanol–water partition coefficient (Wildman–Crippen LogP) is 3.00. The molecule has 0 bridgehead atoms. The maximum absolute atomic E-state index is 13.9.